The molecule has 3 rings (SSSR count). The highest BCUT2D eigenvalue weighted by Gasteiger charge is 2.36. The molecule has 0 radical (unpaired) electrons. The van der Waals surface area contributed by atoms with Crippen LogP contribution in [-0.4, -0.2) is 21.8 Å². The molecule has 4 heteroatoms. The van der Waals surface area contributed by atoms with Gasteiger partial charge in [0, 0.05) is 28.7 Å². The number of carbonyl (C=O) groups excluding carboxylic acids is 1. The summed E-state index contributed by atoms with van der Waals surface area (Å²) in [5.41, 5.74) is 5.03. The smallest absolute Gasteiger partial charge is 0.258 e. The highest BCUT2D eigenvalue weighted by atomic mass is 16.2. The van der Waals surface area contributed by atoms with Crippen LogP contribution in [0.25, 0.3) is 0 Å². The van der Waals surface area contributed by atoms with E-state index in [0.29, 0.717) is 0 Å². The van der Waals surface area contributed by atoms with Gasteiger partial charge in [-0.15, -0.1) is 0 Å². The highest BCUT2D eigenvalue weighted by Crippen LogP contribution is 2.36. The number of aromatic nitrogens is 1. The summed E-state index contributed by atoms with van der Waals surface area (Å²) in [5, 5.41) is 3.55. The number of nitrogens with one attached hydrogen (secondary N) is 2. The highest BCUT2D eigenvalue weighted by molar-refractivity contribution is 6.01. The van der Waals surface area contributed by atoms with E-state index in [1.165, 1.54) is 0 Å². The molecule has 22 heavy (non-hydrogen) atoms. The normalized spacial score (nSPS) is 18.8. The largest absolute Gasteiger partial charge is 0.362 e. The number of aryl methyl sites for hydroxylation is 2. The zero-order chi connectivity index (χ0) is 15.9. The van der Waals surface area contributed by atoms with Gasteiger partial charge >= 0.3 is 0 Å². The molecule has 0 bridgehead atoms. The minimum atomic E-state index is -0.123. The molecule has 0 saturated heterocycles. The van der Waals surface area contributed by atoms with E-state index in [1.54, 1.807) is 0 Å². The number of benzene rings is 1. The molecule has 2 heterocycles. The molecule has 1 aliphatic rings. The van der Waals surface area contributed by atoms with Crippen LogP contribution in [0, 0.1) is 13.8 Å². The van der Waals surface area contributed by atoms with Gasteiger partial charge in [-0.05, 0) is 45.4 Å². The third kappa shape index (κ3) is 2.28. The van der Waals surface area contributed by atoms with Gasteiger partial charge in [0.2, 0.25) is 0 Å². The van der Waals surface area contributed by atoms with E-state index in [0.717, 1.165) is 34.6 Å². The SMILES string of the molecule is CC[C@@H](C)N1C(=O)c2ccccc2N[C@@H]1c1cc(C)[nH]c1C. The summed E-state index contributed by atoms with van der Waals surface area (Å²) in [5.74, 6) is 0.104. The second-order valence-corrected chi connectivity index (χ2v) is 6.09. The average molecular weight is 297 g/mol. The molecular formula is C18H23N3O. The lowest BCUT2D eigenvalue weighted by Crippen LogP contribution is -2.47. The van der Waals surface area contributed by atoms with Gasteiger partial charge in [0.15, 0.2) is 0 Å². The molecule has 4 nitrogen and oxygen atoms in total. The standard InChI is InChI=1S/C18H23N3O/c1-5-12(3)21-17(15-10-11(2)19-13(15)4)20-16-9-7-6-8-14(16)18(21)22/h6-10,12,17,19-20H,5H2,1-4H3/t12-,17+/m1/s1. The van der Waals surface area contributed by atoms with Crippen molar-refractivity contribution in [2.45, 2.75) is 46.3 Å². The van der Waals surface area contributed by atoms with Gasteiger partial charge in [-0.1, -0.05) is 19.1 Å². The number of para-hydroxylation sites is 1. The van der Waals surface area contributed by atoms with E-state index in [2.05, 4.69) is 37.1 Å². The fourth-order valence-corrected chi connectivity index (χ4v) is 3.18. The maximum atomic E-state index is 13.0. The summed E-state index contributed by atoms with van der Waals surface area (Å²) in [4.78, 5) is 18.3. The molecule has 0 spiro atoms. The molecule has 2 N–H and O–H groups in total. The van der Waals surface area contributed by atoms with Crippen molar-refractivity contribution in [3.8, 4) is 0 Å². The Morgan fingerprint density at radius 3 is 2.64 bits per heavy atom. The number of hydrogen-bond acceptors (Lipinski definition) is 2. The van der Waals surface area contributed by atoms with Crippen molar-refractivity contribution >= 4 is 11.6 Å². The van der Waals surface area contributed by atoms with Crippen LogP contribution in [0.2, 0.25) is 0 Å². The number of hydrogen-bond donors (Lipinski definition) is 2. The van der Waals surface area contributed by atoms with Crippen LogP contribution in [0.3, 0.4) is 0 Å². The Labute approximate surface area is 131 Å². The van der Waals surface area contributed by atoms with Crippen LogP contribution in [0.15, 0.2) is 30.3 Å². The van der Waals surface area contributed by atoms with Crippen molar-refractivity contribution < 1.29 is 4.79 Å². The Balaban J connectivity index is 2.11. The van der Waals surface area contributed by atoms with E-state index in [4.69, 9.17) is 0 Å². The van der Waals surface area contributed by atoms with Crippen LogP contribution in [0.1, 0.15) is 53.7 Å². The summed E-state index contributed by atoms with van der Waals surface area (Å²) in [7, 11) is 0. The van der Waals surface area contributed by atoms with Crippen LogP contribution < -0.4 is 5.32 Å². The topological polar surface area (TPSA) is 48.1 Å². The van der Waals surface area contributed by atoms with E-state index in [-0.39, 0.29) is 18.1 Å². The first-order chi connectivity index (χ1) is 10.5. The monoisotopic (exact) mass is 297 g/mol. The number of fused-ring (bicyclic) bond motifs is 1. The van der Waals surface area contributed by atoms with E-state index >= 15 is 0 Å². The second-order valence-electron chi connectivity index (χ2n) is 6.09. The van der Waals surface area contributed by atoms with Crippen molar-refractivity contribution in [2.24, 2.45) is 0 Å². The number of rotatable bonds is 3. The Kier molecular flexibility index (Phi) is 3.69. The molecule has 2 atom stereocenters. The third-order valence-electron chi connectivity index (χ3n) is 4.51. The number of aromatic amines is 1. The molecule has 0 fully saturated rings. The summed E-state index contributed by atoms with van der Waals surface area (Å²) in [6.45, 7) is 8.33. The lowest BCUT2D eigenvalue weighted by molar-refractivity contribution is 0.0593. The number of anilines is 1. The molecule has 116 valence electrons. The van der Waals surface area contributed by atoms with Crippen molar-refractivity contribution in [2.75, 3.05) is 5.32 Å². The van der Waals surface area contributed by atoms with E-state index in [1.807, 2.05) is 36.1 Å². The molecule has 1 amide bonds. The molecule has 0 saturated carbocycles. The maximum absolute atomic E-state index is 13.0. The minimum Gasteiger partial charge on any atom is -0.362 e. The van der Waals surface area contributed by atoms with Crippen LogP contribution in [0.4, 0.5) is 5.69 Å². The Hall–Kier alpha value is -2.23. The summed E-state index contributed by atoms with van der Waals surface area (Å²) >= 11 is 0. The Bertz CT molecular complexity index is 704. The molecule has 2 aromatic rings. The van der Waals surface area contributed by atoms with Gasteiger partial charge in [0.05, 0.1) is 5.56 Å². The minimum absolute atomic E-state index is 0.104. The average Bonchev–Trinajstić information content (AvgIpc) is 2.85. The summed E-state index contributed by atoms with van der Waals surface area (Å²) in [6.07, 6.45) is 0.802. The van der Waals surface area contributed by atoms with Gasteiger partial charge in [-0.2, -0.15) is 0 Å². The number of nitrogens with zero attached hydrogens (tertiary/aromatic N) is 1. The summed E-state index contributed by atoms with van der Waals surface area (Å²) in [6, 6.07) is 10.1. The summed E-state index contributed by atoms with van der Waals surface area (Å²) < 4.78 is 0. The Morgan fingerprint density at radius 1 is 1.27 bits per heavy atom. The van der Waals surface area contributed by atoms with Gasteiger partial charge in [-0.25, -0.2) is 0 Å². The lowest BCUT2D eigenvalue weighted by atomic mass is 10.0. The number of carbonyl (C=O) groups is 1. The first-order valence-corrected chi connectivity index (χ1v) is 7.87. The van der Waals surface area contributed by atoms with Crippen molar-refractivity contribution in [3.05, 3.63) is 52.8 Å². The molecule has 1 aromatic carbocycles. The van der Waals surface area contributed by atoms with E-state index in [9.17, 15) is 4.79 Å². The first-order valence-electron chi connectivity index (χ1n) is 7.87. The van der Waals surface area contributed by atoms with E-state index < -0.39 is 0 Å². The maximum Gasteiger partial charge on any atom is 0.258 e. The first kappa shape index (κ1) is 14.7. The molecular weight excluding hydrogens is 274 g/mol. The fourth-order valence-electron chi connectivity index (χ4n) is 3.18. The fraction of sp³-hybridized carbons (Fsp3) is 0.389. The third-order valence-corrected chi connectivity index (χ3v) is 4.51. The Morgan fingerprint density at radius 2 is 2.00 bits per heavy atom. The second kappa shape index (κ2) is 5.52. The zero-order valence-corrected chi connectivity index (χ0v) is 13.6. The molecule has 0 unspecified atom stereocenters. The van der Waals surface area contributed by atoms with Gasteiger partial charge < -0.3 is 15.2 Å². The van der Waals surface area contributed by atoms with Crippen LogP contribution >= 0.6 is 0 Å². The predicted molar refractivity (Wildman–Crippen MR) is 89.0 cm³/mol. The number of amides is 1. The van der Waals surface area contributed by atoms with Gasteiger partial charge in [-0.3, -0.25) is 4.79 Å². The van der Waals surface area contributed by atoms with Crippen LogP contribution in [-0.2, 0) is 0 Å². The zero-order valence-electron chi connectivity index (χ0n) is 13.6. The van der Waals surface area contributed by atoms with Gasteiger partial charge in [0.25, 0.3) is 5.91 Å². The predicted octanol–water partition coefficient (Wildman–Crippen LogP) is 4.00. The van der Waals surface area contributed by atoms with Gasteiger partial charge in [0.1, 0.15) is 6.17 Å². The quantitative estimate of drug-likeness (QED) is 0.899. The van der Waals surface area contributed by atoms with Crippen molar-refractivity contribution in [1.29, 1.82) is 0 Å². The molecule has 1 aromatic heterocycles. The van der Waals surface area contributed by atoms with Crippen molar-refractivity contribution in [1.82, 2.24) is 9.88 Å². The molecule has 0 aliphatic carbocycles. The lowest BCUT2D eigenvalue weighted by Gasteiger charge is -2.41. The van der Waals surface area contributed by atoms with Crippen LogP contribution in [0.5, 0.6) is 0 Å². The number of H-pyrrole nitrogens is 1. The van der Waals surface area contributed by atoms with Crippen molar-refractivity contribution in [3.63, 3.8) is 0 Å². The molecule has 1 aliphatic heterocycles.